The second-order valence-corrected chi connectivity index (χ2v) is 7.26. The standard InChI is InChI=1S/C20H31N3O2/c1-21-19(22-15-20(10-4-11-20)16-8-9-16)23-17-6-3-7-18(14-17)25-13-5-12-24-2/h3,6-7,14,16H,4-5,8-13,15H2,1-2H3,(H2,21,22,23). The van der Waals surface area contributed by atoms with Gasteiger partial charge in [-0.1, -0.05) is 12.5 Å². The molecule has 5 heteroatoms. The van der Waals surface area contributed by atoms with E-state index < -0.39 is 0 Å². The molecule has 2 aliphatic carbocycles. The van der Waals surface area contributed by atoms with Crippen molar-refractivity contribution in [1.29, 1.82) is 0 Å². The van der Waals surface area contributed by atoms with Gasteiger partial charge in [0.05, 0.1) is 6.61 Å². The molecule has 1 aromatic carbocycles. The van der Waals surface area contributed by atoms with Gasteiger partial charge in [0.2, 0.25) is 0 Å². The Balaban J connectivity index is 1.49. The molecule has 5 nitrogen and oxygen atoms in total. The van der Waals surface area contributed by atoms with Gasteiger partial charge in [-0.25, -0.2) is 0 Å². The van der Waals surface area contributed by atoms with Crippen molar-refractivity contribution >= 4 is 11.6 Å². The number of methoxy groups -OCH3 is 1. The summed E-state index contributed by atoms with van der Waals surface area (Å²) in [7, 11) is 3.53. The third kappa shape index (κ3) is 4.88. The smallest absolute Gasteiger partial charge is 0.195 e. The first kappa shape index (κ1) is 18.1. The Morgan fingerprint density at radius 2 is 2.12 bits per heavy atom. The van der Waals surface area contributed by atoms with Gasteiger partial charge in [-0.15, -0.1) is 0 Å². The first-order valence-corrected chi connectivity index (χ1v) is 9.45. The Morgan fingerprint density at radius 1 is 1.28 bits per heavy atom. The molecule has 0 radical (unpaired) electrons. The van der Waals surface area contributed by atoms with Crippen molar-refractivity contribution in [2.75, 3.05) is 39.2 Å². The lowest BCUT2D eigenvalue weighted by Gasteiger charge is -2.43. The number of rotatable bonds is 9. The van der Waals surface area contributed by atoms with E-state index >= 15 is 0 Å². The molecule has 2 saturated carbocycles. The predicted octanol–water partition coefficient (Wildman–Crippen LogP) is 3.67. The van der Waals surface area contributed by atoms with Crippen molar-refractivity contribution in [3.05, 3.63) is 24.3 Å². The van der Waals surface area contributed by atoms with E-state index in [2.05, 4.69) is 15.6 Å². The molecule has 3 rings (SSSR count). The van der Waals surface area contributed by atoms with E-state index in [0.29, 0.717) is 12.0 Å². The Labute approximate surface area is 151 Å². The number of guanidine groups is 1. The highest BCUT2D eigenvalue weighted by Crippen LogP contribution is 2.56. The van der Waals surface area contributed by atoms with Crippen molar-refractivity contribution < 1.29 is 9.47 Å². The molecule has 25 heavy (non-hydrogen) atoms. The number of hydrogen-bond acceptors (Lipinski definition) is 3. The van der Waals surface area contributed by atoms with Gasteiger partial charge in [0.15, 0.2) is 5.96 Å². The molecule has 2 aliphatic rings. The molecule has 0 atom stereocenters. The van der Waals surface area contributed by atoms with E-state index in [4.69, 9.17) is 9.47 Å². The average molecular weight is 345 g/mol. The van der Waals surface area contributed by atoms with Crippen LogP contribution in [0.1, 0.15) is 38.5 Å². The van der Waals surface area contributed by atoms with E-state index in [1.54, 1.807) is 7.11 Å². The van der Waals surface area contributed by atoms with Crippen LogP contribution in [0.2, 0.25) is 0 Å². The first-order chi connectivity index (χ1) is 12.3. The molecule has 0 amide bonds. The topological polar surface area (TPSA) is 54.9 Å². The molecule has 138 valence electrons. The van der Waals surface area contributed by atoms with Crippen molar-refractivity contribution in [2.24, 2.45) is 16.3 Å². The lowest BCUT2D eigenvalue weighted by Crippen LogP contribution is -2.45. The molecule has 0 aromatic heterocycles. The number of benzene rings is 1. The maximum absolute atomic E-state index is 5.76. The largest absolute Gasteiger partial charge is 0.493 e. The molecule has 2 fully saturated rings. The van der Waals surface area contributed by atoms with Gasteiger partial charge in [0.1, 0.15) is 5.75 Å². The fourth-order valence-corrected chi connectivity index (χ4v) is 3.69. The molecule has 0 spiro atoms. The first-order valence-electron chi connectivity index (χ1n) is 9.45. The van der Waals surface area contributed by atoms with E-state index in [0.717, 1.165) is 42.9 Å². The molecule has 0 bridgehead atoms. The van der Waals surface area contributed by atoms with Crippen LogP contribution in [0.5, 0.6) is 5.75 Å². The van der Waals surface area contributed by atoms with Gasteiger partial charge in [0.25, 0.3) is 0 Å². The maximum atomic E-state index is 5.76. The van der Waals surface area contributed by atoms with Crippen molar-refractivity contribution in [2.45, 2.75) is 38.5 Å². The Morgan fingerprint density at radius 3 is 2.76 bits per heavy atom. The summed E-state index contributed by atoms with van der Waals surface area (Å²) in [6.45, 7) is 2.41. The number of ether oxygens (including phenoxy) is 2. The van der Waals surface area contributed by atoms with Crippen LogP contribution in [0.3, 0.4) is 0 Å². The number of nitrogens with zero attached hydrogens (tertiary/aromatic N) is 1. The Hall–Kier alpha value is -1.75. The van der Waals surface area contributed by atoms with Gasteiger partial charge in [-0.3, -0.25) is 4.99 Å². The third-order valence-electron chi connectivity index (χ3n) is 5.48. The highest BCUT2D eigenvalue weighted by atomic mass is 16.5. The average Bonchev–Trinajstić information content (AvgIpc) is 3.42. The summed E-state index contributed by atoms with van der Waals surface area (Å²) >= 11 is 0. The highest BCUT2D eigenvalue weighted by molar-refractivity contribution is 5.93. The monoisotopic (exact) mass is 345 g/mol. The van der Waals surface area contributed by atoms with Crippen LogP contribution in [0.15, 0.2) is 29.3 Å². The van der Waals surface area contributed by atoms with Crippen molar-refractivity contribution in [1.82, 2.24) is 5.32 Å². The van der Waals surface area contributed by atoms with Gasteiger partial charge in [0, 0.05) is 45.5 Å². The molecule has 0 unspecified atom stereocenters. The van der Waals surface area contributed by atoms with Crippen LogP contribution in [0, 0.1) is 11.3 Å². The summed E-state index contributed by atoms with van der Waals surface area (Å²) in [5, 5.41) is 6.93. The molecule has 0 aliphatic heterocycles. The zero-order chi connectivity index (χ0) is 17.5. The van der Waals surface area contributed by atoms with Crippen LogP contribution >= 0.6 is 0 Å². The number of aliphatic imine (C=N–C) groups is 1. The van der Waals surface area contributed by atoms with Crippen LogP contribution < -0.4 is 15.4 Å². The van der Waals surface area contributed by atoms with Crippen LogP contribution in [-0.2, 0) is 4.74 Å². The van der Waals surface area contributed by atoms with Crippen LogP contribution in [0.4, 0.5) is 5.69 Å². The molecular formula is C20H31N3O2. The van der Waals surface area contributed by atoms with Gasteiger partial charge in [-0.2, -0.15) is 0 Å². The number of anilines is 1. The minimum Gasteiger partial charge on any atom is -0.493 e. The van der Waals surface area contributed by atoms with Crippen LogP contribution in [-0.4, -0.2) is 39.9 Å². The summed E-state index contributed by atoms with van der Waals surface area (Å²) < 4.78 is 10.8. The zero-order valence-electron chi connectivity index (χ0n) is 15.5. The molecule has 0 saturated heterocycles. The Kier molecular flexibility index (Phi) is 6.19. The molecule has 1 aromatic rings. The number of hydrogen-bond donors (Lipinski definition) is 2. The molecule has 2 N–H and O–H groups in total. The second kappa shape index (κ2) is 8.56. The normalized spacial score (nSPS) is 19.2. The van der Waals surface area contributed by atoms with Gasteiger partial charge in [-0.05, 0) is 49.1 Å². The quantitative estimate of drug-likeness (QED) is 0.407. The Bertz CT molecular complexity index is 580. The highest BCUT2D eigenvalue weighted by Gasteiger charge is 2.48. The maximum Gasteiger partial charge on any atom is 0.195 e. The minimum absolute atomic E-state index is 0.532. The van der Waals surface area contributed by atoms with Crippen molar-refractivity contribution in [3.8, 4) is 5.75 Å². The summed E-state index contributed by atoms with van der Waals surface area (Å²) in [5.74, 6) is 2.64. The van der Waals surface area contributed by atoms with E-state index in [-0.39, 0.29) is 0 Å². The SMILES string of the molecule is CN=C(NCC1(C2CC2)CCC1)Nc1cccc(OCCCOC)c1. The molecular weight excluding hydrogens is 314 g/mol. The van der Waals surface area contributed by atoms with Gasteiger partial charge >= 0.3 is 0 Å². The zero-order valence-corrected chi connectivity index (χ0v) is 15.5. The van der Waals surface area contributed by atoms with E-state index in [1.165, 1.54) is 32.1 Å². The van der Waals surface area contributed by atoms with Crippen molar-refractivity contribution in [3.63, 3.8) is 0 Å². The minimum atomic E-state index is 0.532. The van der Waals surface area contributed by atoms with E-state index in [9.17, 15) is 0 Å². The summed E-state index contributed by atoms with van der Waals surface area (Å²) in [4.78, 5) is 4.38. The van der Waals surface area contributed by atoms with Gasteiger partial charge < -0.3 is 20.1 Å². The molecule has 0 heterocycles. The lowest BCUT2D eigenvalue weighted by molar-refractivity contribution is 0.106. The number of nitrogens with one attached hydrogen (secondary N) is 2. The summed E-state index contributed by atoms with van der Waals surface area (Å²) in [6.07, 6.45) is 7.83. The summed E-state index contributed by atoms with van der Waals surface area (Å²) in [6, 6.07) is 8.03. The summed E-state index contributed by atoms with van der Waals surface area (Å²) in [5.41, 5.74) is 1.52. The predicted molar refractivity (Wildman–Crippen MR) is 102 cm³/mol. The second-order valence-electron chi connectivity index (χ2n) is 7.26. The fraction of sp³-hybridized carbons (Fsp3) is 0.650. The lowest BCUT2D eigenvalue weighted by atomic mass is 9.65. The van der Waals surface area contributed by atoms with E-state index in [1.807, 2.05) is 31.3 Å². The fourth-order valence-electron chi connectivity index (χ4n) is 3.69. The van der Waals surface area contributed by atoms with Crippen LogP contribution in [0.25, 0.3) is 0 Å². The third-order valence-corrected chi connectivity index (χ3v) is 5.48.